The van der Waals surface area contributed by atoms with Gasteiger partial charge in [0.05, 0.1) is 0 Å². The maximum absolute atomic E-state index is 5.43. The van der Waals surface area contributed by atoms with Gasteiger partial charge in [0.15, 0.2) is 0 Å². The minimum atomic E-state index is 0.557. The molecule has 0 atom stereocenters. The highest BCUT2D eigenvalue weighted by Crippen LogP contribution is 2.17. The van der Waals surface area contributed by atoms with Crippen molar-refractivity contribution in [1.29, 1.82) is 0 Å². The molecule has 0 saturated carbocycles. The standard InChI is InChI=1S/C8H14N4O/c9-4-3-7-10-11-8(13-7)12-5-1-2-6-12/h1-6,9H2. The van der Waals surface area contributed by atoms with Gasteiger partial charge in [0.1, 0.15) is 0 Å². The minimum absolute atomic E-state index is 0.557. The first-order valence-corrected chi connectivity index (χ1v) is 4.67. The first-order valence-electron chi connectivity index (χ1n) is 4.67. The van der Waals surface area contributed by atoms with Crippen molar-refractivity contribution in [2.75, 3.05) is 24.5 Å². The summed E-state index contributed by atoms with van der Waals surface area (Å²) in [4.78, 5) is 2.12. The molecule has 1 fully saturated rings. The van der Waals surface area contributed by atoms with Crippen molar-refractivity contribution in [3.8, 4) is 0 Å². The first-order chi connectivity index (χ1) is 6.40. The molecule has 0 radical (unpaired) electrons. The van der Waals surface area contributed by atoms with Crippen LogP contribution in [0.1, 0.15) is 18.7 Å². The second kappa shape index (κ2) is 3.74. The molecule has 13 heavy (non-hydrogen) atoms. The Labute approximate surface area is 76.9 Å². The van der Waals surface area contributed by atoms with E-state index >= 15 is 0 Å². The highest BCUT2D eigenvalue weighted by molar-refractivity contribution is 5.25. The lowest BCUT2D eigenvalue weighted by Crippen LogP contribution is -2.17. The molecule has 0 aliphatic carbocycles. The molecule has 1 aliphatic rings. The molecule has 0 amide bonds. The lowest BCUT2D eigenvalue weighted by atomic mass is 10.4. The molecule has 0 spiro atoms. The minimum Gasteiger partial charge on any atom is -0.408 e. The number of aromatic nitrogens is 2. The van der Waals surface area contributed by atoms with Crippen LogP contribution < -0.4 is 10.6 Å². The van der Waals surface area contributed by atoms with Crippen molar-refractivity contribution in [3.05, 3.63) is 5.89 Å². The van der Waals surface area contributed by atoms with Gasteiger partial charge in [0.25, 0.3) is 0 Å². The summed E-state index contributed by atoms with van der Waals surface area (Å²) in [5.74, 6) is 0.643. The molecule has 0 aromatic carbocycles. The molecule has 1 aromatic heterocycles. The quantitative estimate of drug-likeness (QED) is 0.721. The summed E-state index contributed by atoms with van der Waals surface area (Å²) in [7, 11) is 0. The Hall–Kier alpha value is -1.10. The van der Waals surface area contributed by atoms with E-state index in [1.54, 1.807) is 0 Å². The molecule has 5 nitrogen and oxygen atoms in total. The van der Waals surface area contributed by atoms with Gasteiger partial charge in [-0.2, -0.15) is 0 Å². The summed E-state index contributed by atoms with van der Waals surface area (Å²) in [6.07, 6.45) is 3.10. The van der Waals surface area contributed by atoms with Gasteiger partial charge in [0, 0.05) is 26.1 Å². The van der Waals surface area contributed by atoms with E-state index in [2.05, 4.69) is 15.1 Å². The second-order valence-corrected chi connectivity index (χ2v) is 3.21. The van der Waals surface area contributed by atoms with Crippen molar-refractivity contribution >= 4 is 6.01 Å². The third-order valence-electron chi connectivity index (χ3n) is 2.19. The fraction of sp³-hybridized carbons (Fsp3) is 0.750. The third kappa shape index (κ3) is 1.80. The van der Waals surface area contributed by atoms with Crippen molar-refractivity contribution in [3.63, 3.8) is 0 Å². The van der Waals surface area contributed by atoms with E-state index in [1.807, 2.05) is 0 Å². The van der Waals surface area contributed by atoms with Crippen LogP contribution >= 0.6 is 0 Å². The zero-order chi connectivity index (χ0) is 9.10. The van der Waals surface area contributed by atoms with Gasteiger partial charge in [0.2, 0.25) is 5.89 Å². The fourth-order valence-electron chi connectivity index (χ4n) is 1.51. The Balaban J connectivity index is 2.03. The van der Waals surface area contributed by atoms with Crippen LogP contribution in [0.3, 0.4) is 0 Å². The van der Waals surface area contributed by atoms with Gasteiger partial charge in [-0.25, -0.2) is 0 Å². The summed E-state index contributed by atoms with van der Waals surface area (Å²) in [5.41, 5.74) is 5.38. The molecule has 0 bridgehead atoms. The number of hydrogen-bond donors (Lipinski definition) is 1. The molecule has 1 aromatic rings. The number of nitrogens with zero attached hydrogens (tertiary/aromatic N) is 3. The molecule has 5 heteroatoms. The van der Waals surface area contributed by atoms with Crippen LogP contribution in [-0.4, -0.2) is 29.8 Å². The van der Waals surface area contributed by atoms with Gasteiger partial charge in [-0.05, 0) is 12.8 Å². The molecule has 2 heterocycles. The van der Waals surface area contributed by atoms with Crippen LogP contribution in [0.5, 0.6) is 0 Å². The predicted molar refractivity (Wildman–Crippen MR) is 48.5 cm³/mol. The normalized spacial score (nSPS) is 16.8. The maximum atomic E-state index is 5.43. The summed E-state index contributed by atoms with van der Waals surface area (Å²) < 4.78 is 5.43. The molecule has 2 N–H and O–H groups in total. The third-order valence-corrected chi connectivity index (χ3v) is 2.19. The number of nitrogens with two attached hydrogens (primary N) is 1. The molecule has 1 saturated heterocycles. The highest BCUT2D eigenvalue weighted by atomic mass is 16.4. The van der Waals surface area contributed by atoms with Crippen LogP contribution in [0.2, 0.25) is 0 Å². The zero-order valence-corrected chi connectivity index (χ0v) is 7.57. The number of hydrogen-bond acceptors (Lipinski definition) is 5. The first kappa shape index (κ1) is 8.50. The Kier molecular flexibility index (Phi) is 2.44. The smallest absolute Gasteiger partial charge is 0.318 e. The van der Waals surface area contributed by atoms with Gasteiger partial charge in [-0.3, -0.25) is 0 Å². The topological polar surface area (TPSA) is 68.2 Å². The Morgan fingerprint density at radius 3 is 2.77 bits per heavy atom. The Morgan fingerprint density at radius 2 is 2.08 bits per heavy atom. The van der Waals surface area contributed by atoms with Crippen molar-refractivity contribution in [2.24, 2.45) is 5.73 Å². The van der Waals surface area contributed by atoms with Gasteiger partial charge in [-0.15, -0.1) is 5.10 Å². The van der Waals surface area contributed by atoms with E-state index in [1.165, 1.54) is 12.8 Å². The van der Waals surface area contributed by atoms with Crippen molar-refractivity contribution in [2.45, 2.75) is 19.3 Å². The monoisotopic (exact) mass is 182 g/mol. The number of rotatable bonds is 3. The average molecular weight is 182 g/mol. The Bertz CT molecular complexity index is 267. The van der Waals surface area contributed by atoms with Crippen LogP contribution in [0.25, 0.3) is 0 Å². The zero-order valence-electron chi connectivity index (χ0n) is 7.57. The molecular weight excluding hydrogens is 168 g/mol. The fourth-order valence-corrected chi connectivity index (χ4v) is 1.51. The van der Waals surface area contributed by atoms with Gasteiger partial charge in [-0.1, -0.05) is 5.10 Å². The lowest BCUT2D eigenvalue weighted by molar-refractivity contribution is 0.491. The summed E-state index contributed by atoms with van der Waals surface area (Å²) in [6.45, 7) is 2.62. The highest BCUT2D eigenvalue weighted by Gasteiger charge is 2.17. The van der Waals surface area contributed by atoms with E-state index in [0.29, 0.717) is 24.9 Å². The summed E-state index contributed by atoms with van der Waals surface area (Å²) in [6, 6.07) is 0.654. The van der Waals surface area contributed by atoms with E-state index in [4.69, 9.17) is 10.2 Å². The van der Waals surface area contributed by atoms with Crippen LogP contribution in [0.4, 0.5) is 6.01 Å². The molecule has 72 valence electrons. The summed E-state index contributed by atoms with van der Waals surface area (Å²) in [5, 5.41) is 7.88. The predicted octanol–water partition coefficient (Wildman–Crippen LogP) is 0.171. The number of anilines is 1. The van der Waals surface area contributed by atoms with E-state index in [0.717, 1.165) is 13.1 Å². The van der Waals surface area contributed by atoms with Crippen LogP contribution in [-0.2, 0) is 6.42 Å². The lowest BCUT2D eigenvalue weighted by Gasteiger charge is -2.09. The molecule has 0 unspecified atom stereocenters. The molecule has 1 aliphatic heterocycles. The van der Waals surface area contributed by atoms with Crippen molar-refractivity contribution in [1.82, 2.24) is 10.2 Å². The SMILES string of the molecule is NCCc1nnc(N2CCCC2)o1. The van der Waals surface area contributed by atoms with Crippen LogP contribution in [0.15, 0.2) is 4.42 Å². The average Bonchev–Trinajstić information content (AvgIpc) is 2.70. The molecular formula is C8H14N4O. The van der Waals surface area contributed by atoms with E-state index < -0.39 is 0 Å². The van der Waals surface area contributed by atoms with Gasteiger partial charge < -0.3 is 15.1 Å². The Morgan fingerprint density at radius 1 is 1.31 bits per heavy atom. The molecule has 2 rings (SSSR count). The second-order valence-electron chi connectivity index (χ2n) is 3.21. The van der Waals surface area contributed by atoms with Crippen molar-refractivity contribution < 1.29 is 4.42 Å². The van der Waals surface area contributed by atoms with Crippen LogP contribution in [0, 0.1) is 0 Å². The largest absolute Gasteiger partial charge is 0.408 e. The van der Waals surface area contributed by atoms with Gasteiger partial charge >= 0.3 is 6.01 Å². The summed E-state index contributed by atoms with van der Waals surface area (Å²) >= 11 is 0. The van der Waals surface area contributed by atoms with E-state index in [9.17, 15) is 0 Å². The maximum Gasteiger partial charge on any atom is 0.318 e. The van der Waals surface area contributed by atoms with E-state index in [-0.39, 0.29) is 0 Å².